The van der Waals surface area contributed by atoms with Crippen LogP contribution in [-0.2, 0) is 0 Å². The second-order valence-corrected chi connectivity index (χ2v) is 3.05. The summed E-state index contributed by atoms with van der Waals surface area (Å²) in [7, 11) is 0. The van der Waals surface area contributed by atoms with E-state index in [1.165, 1.54) is 0 Å². The molecule has 1 nitrogen and oxygen atoms in total. The van der Waals surface area contributed by atoms with E-state index in [2.05, 4.69) is 0 Å². The summed E-state index contributed by atoms with van der Waals surface area (Å²) in [5, 5.41) is 1.16. The Labute approximate surface area is 72.4 Å². The van der Waals surface area contributed by atoms with Crippen molar-refractivity contribution in [3.05, 3.63) is 21.1 Å². The van der Waals surface area contributed by atoms with Crippen LogP contribution in [-0.4, -0.2) is 0 Å². The summed E-state index contributed by atoms with van der Waals surface area (Å²) >= 11 is 17.1. The molecule has 0 amide bonds. The van der Waals surface area contributed by atoms with Crippen LogP contribution >= 0.6 is 34.8 Å². The minimum absolute atomic E-state index is 0.377. The largest absolute Gasteiger partial charge is 0.454 e. The number of fused-ring (bicyclic) bond motifs is 2. The van der Waals surface area contributed by atoms with Crippen molar-refractivity contribution < 1.29 is 4.74 Å². The fourth-order valence-corrected chi connectivity index (χ4v) is 1.38. The molecule has 4 heteroatoms. The summed E-state index contributed by atoms with van der Waals surface area (Å²) < 4.78 is 5.00. The zero-order valence-corrected chi connectivity index (χ0v) is 6.89. The molecule has 2 heterocycles. The van der Waals surface area contributed by atoms with E-state index in [9.17, 15) is 0 Å². The van der Waals surface area contributed by atoms with Crippen LogP contribution < -0.4 is 4.74 Å². The van der Waals surface area contributed by atoms with E-state index in [4.69, 9.17) is 39.5 Å². The lowest BCUT2D eigenvalue weighted by molar-refractivity contribution is 0.439. The fourth-order valence-electron chi connectivity index (χ4n) is 0.767. The number of halogens is 3. The lowest BCUT2D eigenvalue weighted by Crippen LogP contribution is -1.97. The van der Waals surface area contributed by atoms with Crippen molar-refractivity contribution in [2.45, 2.75) is 0 Å². The predicted molar refractivity (Wildman–Crippen MR) is 41.5 cm³/mol. The van der Waals surface area contributed by atoms with Crippen LogP contribution in [0.3, 0.4) is 0 Å². The van der Waals surface area contributed by atoms with Gasteiger partial charge in [0.25, 0.3) is 0 Å². The molecule has 3 rings (SSSR count). The molecule has 2 bridgehead atoms. The summed E-state index contributed by atoms with van der Waals surface area (Å²) in [6.45, 7) is 0. The first-order valence-corrected chi connectivity index (χ1v) is 3.69. The van der Waals surface area contributed by atoms with E-state index in [1.54, 1.807) is 6.07 Å². The van der Waals surface area contributed by atoms with Gasteiger partial charge in [0.1, 0.15) is 10.0 Å². The predicted octanol–water partition coefficient (Wildman–Crippen LogP) is 3.75. The van der Waals surface area contributed by atoms with Crippen molar-refractivity contribution in [2.24, 2.45) is 0 Å². The van der Waals surface area contributed by atoms with Gasteiger partial charge < -0.3 is 4.74 Å². The van der Waals surface area contributed by atoms with Gasteiger partial charge in [-0.1, -0.05) is 34.8 Å². The molecule has 0 radical (unpaired) electrons. The molecule has 1 aromatic rings. The summed E-state index contributed by atoms with van der Waals surface area (Å²) in [6, 6.07) is 1.75. The van der Waals surface area contributed by atoms with E-state index >= 15 is 0 Å². The maximum Gasteiger partial charge on any atom is 0.151 e. The van der Waals surface area contributed by atoms with Crippen molar-refractivity contribution in [1.82, 2.24) is 0 Å². The third-order valence-corrected chi connectivity index (χ3v) is 2.62. The Hall–Kier alpha value is -0.110. The number of ether oxygens (including phenoxy) is 1. The third kappa shape index (κ3) is 0.656. The lowest BCUT2D eigenvalue weighted by atomic mass is 10.2. The Morgan fingerprint density at radius 2 is 1.30 bits per heavy atom. The quantitative estimate of drug-likeness (QED) is 0.582. The SMILES string of the molecule is Clc1c2cc(c(Cl)c1Cl)O2. The van der Waals surface area contributed by atoms with Gasteiger partial charge in [0.15, 0.2) is 11.5 Å². The first-order chi connectivity index (χ1) is 4.70. The number of hydrogen-bond donors (Lipinski definition) is 0. The Morgan fingerprint density at radius 3 is 1.60 bits per heavy atom. The molecule has 2 aliphatic heterocycles. The molecule has 0 unspecified atom stereocenters. The average Bonchev–Trinajstić information content (AvgIpc) is 1.78. The van der Waals surface area contributed by atoms with Crippen molar-refractivity contribution in [3.8, 4) is 11.5 Å². The number of benzene rings is 1. The van der Waals surface area contributed by atoms with Crippen LogP contribution in [0.5, 0.6) is 11.5 Å². The molecule has 0 saturated heterocycles. The molecule has 1 aromatic carbocycles. The highest BCUT2D eigenvalue weighted by Gasteiger charge is 2.24. The maximum absolute atomic E-state index is 5.69. The van der Waals surface area contributed by atoms with Gasteiger partial charge in [0.2, 0.25) is 0 Å². The minimum Gasteiger partial charge on any atom is -0.454 e. The van der Waals surface area contributed by atoms with Crippen LogP contribution in [0, 0.1) is 0 Å². The van der Waals surface area contributed by atoms with Gasteiger partial charge in [-0.25, -0.2) is 0 Å². The van der Waals surface area contributed by atoms with Gasteiger partial charge in [-0.3, -0.25) is 0 Å². The van der Waals surface area contributed by atoms with Crippen molar-refractivity contribution in [2.75, 3.05) is 0 Å². The molecule has 0 spiro atoms. The Balaban J connectivity index is 2.77. The summed E-state index contributed by atoms with van der Waals surface area (Å²) in [4.78, 5) is 0. The van der Waals surface area contributed by atoms with Gasteiger partial charge in [-0.2, -0.15) is 0 Å². The maximum atomic E-state index is 5.69. The van der Waals surface area contributed by atoms with Crippen LogP contribution in [0.1, 0.15) is 0 Å². The number of hydrogen-bond acceptors (Lipinski definition) is 1. The van der Waals surface area contributed by atoms with Crippen LogP contribution in [0.2, 0.25) is 15.1 Å². The van der Waals surface area contributed by atoms with E-state index in [1.807, 2.05) is 0 Å². The molecular weight excluding hydrogens is 194 g/mol. The molecule has 10 heavy (non-hydrogen) atoms. The fraction of sp³-hybridized carbons (Fsp3) is 0. The first kappa shape index (κ1) is 6.59. The van der Waals surface area contributed by atoms with Crippen LogP contribution in [0.4, 0.5) is 0 Å². The van der Waals surface area contributed by atoms with E-state index in [0.717, 1.165) is 0 Å². The lowest BCUT2D eigenvalue weighted by Gasteiger charge is -2.20. The molecule has 0 N–H and O–H groups in total. The Morgan fingerprint density at radius 1 is 0.900 bits per heavy atom. The van der Waals surface area contributed by atoms with E-state index in [0.29, 0.717) is 26.6 Å². The van der Waals surface area contributed by atoms with Crippen molar-refractivity contribution in [3.63, 3.8) is 0 Å². The zero-order valence-electron chi connectivity index (χ0n) is 4.62. The molecule has 0 aromatic heterocycles. The minimum atomic E-state index is 0.377. The first-order valence-electron chi connectivity index (χ1n) is 2.55. The molecule has 0 fully saturated rings. The molecule has 0 saturated carbocycles. The van der Waals surface area contributed by atoms with Crippen LogP contribution in [0.15, 0.2) is 6.07 Å². The normalized spacial score (nSPS) is 12.3. The van der Waals surface area contributed by atoms with Gasteiger partial charge in [0, 0.05) is 6.07 Å². The molecule has 52 valence electrons. The topological polar surface area (TPSA) is 9.23 Å². The Bertz CT molecular complexity index is 276. The molecule has 2 aliphatic rings. The van der Waals surface area contributed by atoms with E-state index in [-0.39, 0.29) is 0 Å². The van der Waals surface area contributed by atoms with Crippen LogP contribution in [0.25, 0.3) is 0 Å². The summed E-state index contributed by atoms with van der Waals surface area (Å²) in [6.07, 6.45) is 0. The molecule has 0 atom stereocenters. The summed E-state index contributed by atoms with van der Waals surface area (Å²) in [5.74, 6) is 1.21. The van der Waals surface area contributed by atoms with Gasteiger partial charge in [-0.05, 0) is 0 Å². The van der Waals surface area contributed by atoms with Gasteiger partial charge >= 0.3 is 0 Å². The second-order valence-electron chi connectivity index (χ2n) is 1.92. The third-order valence-electron chi connectivity index (χ3n) is 1.30. The standard InChI is InChI=1S/C6HCl3O/c7-4-2-1-3(10-2)5(8)6(4)9/h1H. The molecule has 0 aliphatic carbocycles. The van der Waals surface area contributed by atoms with Crippen molar-refractivity contribution >= 4 is 34.8 Å². The Kier molecular flexibility index (Phi) is 1.28. The zero-order chi connectivity index (χ0) is 7.30. The van der Waals surface area contributed by atoms with Gasteiger partial charge in [-0.15, -0.1) is 0 Å². The second kappa shape index (κ2) is 1.94. The average molecular weight is 195 g/mol. The number of rotatable bonds is 0. The van der Waals surface area contributed by atoms with E-state index < -0.39 is 0 Å². The smallest absolute Gasteiger partial charge is 0.151 e. The monoisotopic (exact) mass is 194 g/mol. The van der Waals surface area contributed by atoms with Gasteiger partial charge in [0.05, 0.1) is 5.02 Å². The van der Waals surface area contributed by atoms with Crippen molar-refractivity contribution in [1.29, 1.82) is 0 Å². The summed E-state index contributed by atoms with van der Waals surface area (Å²) in [5.41, 5.74) is 0. The highest BCUT2D eigenvalue weighted by molar-refractivity contribution is 6.49. The molecular formula is C6HCl3O. The highest BCUT2D eigenvalue weighted by Crippen LogP contribution is 2.51. The highest BCUT2D eigenvalue weighted by atomic mass is 35.5.